The van der Waals surface area contributed by atoms with Crippen molar-refractivity contribution in [2.24, 2.45) is 0 Å². The van der Waals surface area contributed by atoms with Gasteiger partial charge in [0.05, 0.1) is 0 Å². The fourth-order valence-electron chi connectivity index (χ4n) is 1.43. The average Bonchev–Trinajstić information content (AvgIpc) is 2.06. The van der Waals surface area contributed by atoms with E-state index in [0.717, 1.165) is 24.0 Å². The van der Waals surface area contributed by atoms with Crippen LogP contribution in [0.25, 0.3) is 0 Å². The Labute approximate surface area is 65.4 Å². The largest absolute Gasteiger partial charge is 0.207 e. The van der Waals surface area contributed by atoms with Crippen LogP contribution in [0.15, 0.2) is 30.4 Å². The summed E-state index contributed by atoms with van der Waals surface area (Å²) in [5.41, 5.74) is 2.00. The lowest BCUT2D eigenvalue weighted by Gasteiger charge is -2.10. The van der Waals surface area contributed by atoms with Crippen molar-refractivity contribution in [3.8, 4) is 0 Å². The Kier molecular flexibility index (Phi) is 1.50. The van der Waals surface area contributed by atoms with Crippen molar-refractivity contribution in [2.75, 3.05) is 0 Å². The van der Waals surface area contributed by atoms with Gasteiger partial charge in [-0.3, -0.25) is 0 Å². The summed E-state index contributed by atoms with van der Waals surface area (Å²) in [4.78, 5) is 0. The van der Waals surface area contributed by atoms with Crippen molar-refractivity contribution in [1.82, 2.24) is 0 Å². The number of hydrogen-bond donors (Lipinski definition) is 0. The number of fused-ring (bicyclic) bond motifs is 1. The van der Waals surface area contributed by atoms with Crippen LogP contribution in [0.3, 0.4) is 0 Å². The second-order valence-corrected chi connectivity index (χ2v) is 2.76. The van der Waals surface area contributed by atoms with Gasteiger partial charge in [0.25, 0.3) is 0 Å². The van der Waals surface area contributed by atoms with Crippen molar-refractivity contribution in [3.63, 3.8) is 0 Å². The van der Waals surface area contributed by atoms with Gasteiger partial charge in [0.1, 0.15) is 5.82 Å². The second kappa shape index (κ2) is 2.50. The lowest BCUT2D eigenvalue weighted by atomic mass is 9.97. The molecule has 0 amide bonds. The number of benzene rings is 1. The van der Waals surface area contributed by atoms with Gasteiger partial charge in [0.2, 0.25) is 0 Å². The summed E-state index contributed by atoms with van der Waals surface area (Å²) in [5, 5.41) is 0. The van der Waals surface area contributed by atoms with Crippen molar-refractivity contribution >= 4 is 0 Å². The minimum absolute atomic E-state index is 0.0631. The number of rotatable bonds is 0. The van der Waals surface area contributed by atoms with Crippen molar-refractivity contribution < 1.29 is 4.39 Å². The lowest BCUT2D eigenvalue weighted by molar-refractivity contribution is 0.611. The van der Waals surface area contributed by atoms with E-state index in [2.05, 4.69) is 6.08 Å². The summed E-state index contributed by atoms with van der Waals surface area (Å²) >= 11 is 0. The van der Waals surface area contributed by atoms with Crippen molar-refractivity contribution in [3.05, 3.63) is 47.3 Å². The number of hydrogen-bond acceptors (Lipinski definition) is 0. The molecule has 1 aliphatic carbocycles. The number of allylic oxidation sites excluding steroid dienone is 2. The normalized spacial score (nSPS) is 14.6. The highest BCUT2D eigenvalue weighted by Crippen LogP contribution is 2.18. The third-order valence-corrected chi connectivity index (χ3v) is 2.04. The zero-order valence-electron chi connectivity index (χ0n) is 6.18. The van der Waals surface area contributed by atoms with Gasteiger partial charge in [-0.2, -0.15) is 0 Å². The molecule has 0 saturated heterocycles. The van der Waals surface area contributed by atoms with Crippen LogP contribution in [0.2, 0.25) is 0 Å². The fraction of sp³-hybridized carbons (Fsp3) is 0.200. The lowest BCUT2D eigenvalue weighted by Crippen LogP contribution is -1.99. The van der Waals surface area contributed by atoms with Gasteiger partial charge >= 0.3 is 0 Å². The highest BCUT2D eigenvalue weighted by molar-refractivity contribution is 5.34. The van der Waals surface area contributed by atoms with Crippen LogP contribution in [-0.4, -0.2) is 0 Å². The van der Waals surface area contributed by atoms with E-state index in [1.165, 1.54) is 6.07 Å². The Balaban J connectivity index is 2.54. The first-order valence-corrected chi connectivity index (χ1v) is 3.79. The Morgan fingerprint density at radius 1 is 1.09 bits per heavy atom. The molecule has 11 heavy (non-hydrogen) atoms. The third kappa shape index (κ3) is 1.07. The smallest absolute Gasteiger partial charge is 0.126 e. The topological polar surface area (TPSA) is 0 Å². The molecule has 0 aromatic heterocycles. The quantitative estimate of drug-likeness (QED) is 0.496. The van der Waals surface area contributed by atoms with Gasteiger partial charge in [0.15, 0.2) is 0 Å². The minimum atomic E-state index is -0.0631. The highest BCUT2D eigenvalue weighted by Gasteiger charge is 2.07. The maximum atomic E-state index is 13.0. The summed E-state index contributed by atoms with van der Waals surface area (Å²) in [6, 6.07) is 5.28. The molecule has 0 spiro atoms. The van der Waals surface area contributed by atoms with E-state index >= 15 is 0 Å². The Hall–Kier alpha value is -1.11. The van der Waals surface area contributed by atoms with Gasteiger partial charge in [-0.1, -0.05) is 24.3 Å². The minimum Gasteiger partial charge on any atom is -0.207 e. The maximum Gasteiger partial charge on any atom is 0.126 e. The maximum absolute atomic E-state index is 13.0. The first kappa shape index (κ1) is 6.59. The number of halogens is 1. The molecule has 1 heteroatoms. The molecule has 0 heterocycles. The predicted molar refractivity (Wildman–Crippen MR) is 42.9 cm³/mol. The average molecular weight is 148 g/mol. The molecule has 0 saturated carbocycles. The third-order valence-electron chi connectivity index (χ3n) is 2.04. The van der Waals surface area contributed by atoms with Crippen LogP contribution in [0.1, 0.15) is 11.1 Å². The molecule has 0 nitrogen and oxygen atoms in total. The molecule has 0 atom stereocenters. The van der Waals surface area contributed by atoms with Crippen LogP contribution in [0.5, 0.6) is 0 Å². The van der Waals surface area contributed by atoms with Gasteiger partial charge < -0.3 is 0 Å². The van der Waals surface area contributed by atoms with Crippen LogP contribution >= 0.6 is 0 Å². The van der Waals surface area contributed by atoms with Crippen molar-refractivity contribution in [1.29, 1.82) is 0 Å². The fourth-order valence-corrected chi connectivity index (χ4v) is 1.43. The molecule has 0 fully saturated rings. The van der Waals surface area contributed by atoms with Crippen LogP contribution in [0, 0.1) is 5.82 Å². The zero-order valence-corrected chi connectivity index (χ0v) is 6.18. The van der Waals surface area contributed by atoms with Gasteiger partial charge in [0, 0.05) is 0 Å². The summed E-state index contributed by atoms with van der Waals surface area (Å²) in [6.45, 7) is 0. The Morgan fingerprint density at radius 3 is 2.73 bits per heavy atom. The van der Waals surface area contributed by atoms with Gasteiger partial charge in [-0.05, 0) is 30.0 Å². The van der Waals surface area contributed by atoms with E-state index in [-0.39, 0.29) is 5.82 Å². The molecule has 1 aromatic rings. The van der Waals surface area contributed by atoms with E-state index in [9.17, 15) is 4.39 Å². The highest BCUT2D eigenvalue weighted by atomic mass is 19.1. The molecule has 0 N–H and O–H groups in total. The second-order valence-electron chi connectivity index (χ2n) is 2.76. The predicted octanol–water partition coefficient (Wildman–Crippen LogP) is 2.48. The van der Waals surface area contributed by atoms with Gasteiger partial charge in [-0.15, -0.1) is 0 Å². The standard InChI is InChI=1S/C10H9F/c11-10-7-3-5-8-4-1-2-6-9(8)10/h1-3,5,7H,4,6H2. The molecule has 0 unspecified atom stereocenters. The van der Waals surface area contributed by atoms with Gasteiger partial charge in [-0.25, -0.2) is 4.39 Å². The Morgan fingerprint density at radius 2 is 1.91 bits per heavy atom. The van der Waals surface area contributed by atoms with E-state index < -0.39 is 0 Å². The van der Waals surface area contributed by atoms with Crippen LogP contribution in [0.4, 0.5) is 4.39 Å². The summed E-state index contributed by atoms with van der Waals surface area (Å²) in [5.74, 6) is -0.0631. The molecule has 1 aromatic carbocycles. The van der Waals surface area contributed by atoms with E-state index in [1.54, 1.807) is 6.07 Å². The molecule has 0 radical (unpaired) electrons. The monoisotopic (exact) mass is 148 g/mol. The van der Waals surface area contributed by atoms with Crippen LogP contribution in [-0.2, 0) is 12.8 Å². The van der Waals surface area contributed by atoms with E-state index in [4.69, 9.17) is 0 Å². The summed E-state index contributed by atoms with van der Waals surface area (Å²) in [7, 11) is 0. The molecule has 56 valence electrons. The SMILES string of the molecule is Fc1cccc2c1CC=CC2. The first-order chi connectivity index (χ1) is 5.38. The summed E-state index contributed by atoms with van der Waals surface area (Å²) in [6.07, 6.45) is 5.74. The van der Waals surface area contributed by atoms with Crippen LogP contribution < -0.4 is 0 Å². The Bertz CT molecular complexity index is 300. The molecular formula is C10H9F. The van der Waals surface area contributed by atoms with E-state index in [0.29, 0.717) is 0 Å². The summed E-state index contributed by atoms with van der Waals surface area (Å²) < 4.78 is 13.0. The molecule has 0 aliphatic heterocycles. The molecule has 0 bridgehead atoms. The zero-order chi connectivity index (χ0) is 7.68. The molecule has 2 rings (SSSR count). The molecule has 1 aliphatic rings. The van der Waals surface area contributed by atoms with E-state index in [1.807, 2.05) is 12.1 Å². The molecular weight excluding hydrogens is 139 g/mol. The van der Waals surface area contributed by atoms with Crippen molar-refractivity contribution in [2.45, 2.75) is 12.8 Å². The first-order valence-electron chi connectivity index (χ1n) is 3.79.